The number of carbonyl (C=O) groups excluding carboxylic acids is 1. The minimum atomic E-state index is -0.278. The second-order valence-electron chi connectivity index (χ2n) is 3.65. The van der Waals surface area contributed by atoms with Crippen molar-refractivity contribution in [2.45, 2.75) is 19.8 Å². The first kappa shape index (κ1) is 11.9. The zero-order valence-electron chi connectivity index (χ0n) is 8.74. The topological polar surface area (TPSA) is 37.3 Å². The van der Waals surface area contributed by atoms with Crippen molar-refractivity contribution in [2.75, 3.05) is 6.61 Å². The molecule has 0 spiro atoms. The summed E-state index contributed by atoms with van der Waals surface area (Å²) in [6, 6.07) is 6.10. The molecule has 0 heterocycles. The van der Waals surface area contributed by atoms with Crippen molar-refractivity contribution in [2.24, 2.45) is 5.92 Å². The number of aliphatic hydroxyl groups excluding tert-OH is 1. The van der Waals surface area contributed by atoms with E-state index in [2.05, 4.69) is 0 Å². The van der Waals surface area contributed by atoms with E-state index in [9.17, 15) is 9.18 Å². The summed E-state index contributed by atoms with van der Waals surface area (Å²) >= 11 is 0. The molecule has 82 valence electrons. The first-order chi connectivity index (χ1) is 7.13. The van der Waals surface area contributed by atoms with Crippen LogP contribution in [-0.2, 0) is 11.2 Å². The fourth-order valence-electron chi connectivity index (χ4n) is 1.51. The van der Waals surface area contributed by atoms with Crippen LogP contribution in [0.3, 0.4) is 0 Å². The molecule has 0 radical (unpaired) electrons. The van der Waals surface area contributed by atoms with Gasteiger partial charge in [-0.05, 0) is 37.5 Å². The molecule has 1 aromatic carbocycles. The van der Waals surface area contributed by atoms with E-state index in [-0.39, 0.29) is 24.1 Å². The van der Waals surface area contributed by atoms with Gasteiger partial charge in [-0.2, -0.15) is 0 Å². The van der Waals surface area contributed by atoms with Gasteiger partial charge < -0.3 is 5.11 Å². The Kier molecular flexibility index (Phi) is 4.43. The van der Waals surface area contributed by atoms with Crippen LogP contribution in [0.5, 0.6) is 0 Å². The van der Waals surface area contributed by atoms with Crippen LogP contribution in [0.1, 0.15) is 18.9 Å². The number of halogens is 1. The van der Waals surface area contributed by atoms with E-state index in [0.717, 1.165) is 5.56 Å². The van der Waals surface area contributed by atoms with Crippen LogP contribution in [0.4, 0.5) is 4.39 Å². The van der Waals surface area contributed by atoms with Crippen LogP contribution < -0.4 is 0 Å². The summed E-state index contributed by atoms with van der Waals surface area (Å²) in [7, 11) is 0. The second kappa shape index (κ2) is 5.61. The molecule has 0 aromatic heterocycles. The molecular weight excluding hydrogens is 195 g/mol. The van der Waals surface area contributed by atoms with Gasteiger partial charge >= 0.3 is 0 Å². The van der Waals surface area contributed by atoms with Gasteiger partial charge in [0.25, 0.3) is 0 Å². The molecule has 0 saturated heterocycles. The van der Waals surface area contributed by atoms with Gasteiger partial charge in [-0.25, -0.2) is 4.39 Å². The fraction of sp³-hybridized carbons (Fsp3) is 0.417. The summed E-state index contributed by atoms with van der Waals surface area (Å²) in [5.74, 6) is -0.380. The molecule has 0 aliphatic carbocycles. The predicted octanol–water partition coefficient (Wildman–Crippen LogP) is 1.96. The molecule has 3 heteroatoms. The van der Waals surface area contributed by atoms with Crippen LogP contribution in [-0.4, -0.2) is 17.5 Å². The molecule has 0 bridgehead atoms. The third-order valence-electron chi connectivity index (χ3n) is 2.45. The van der Waals surface area contributed by atoms with E-state index >= 15 is 0 Å². The van der Waals surface area contributed by atoms with Gasteiger partial charge in [-0.3, -0.25) is 4.79 Å². The number of ketones is 1. The van der Waals surface area contributed by atoms with Crippen molar-refractivity contribution in [1.82, 2.24) is 0 Å². The number of hydrogen-bond donors (Lipinski definition) is 1. The number of carbonyl (C=O) groups is 1. The highest BCUT2D eigenvalue weighted by atomic mass is 19.1. The molecule has 1 rings (SSSR count). The van der Waals surface area contributed by atoms with Gasteiger partial charge in [-0.1, -0.05) is 12.1 Å². The van der Waals surface area contributed by atoms with Gasteiger partial charge in [0.15, 0.2) is 0 Å². The Bertz CT molecular complexity index is 319. The van der Waals surface area contributed by atoms with E-state index in [1.807, 2.05) is 0 Å². The summed E-state index contributed by atoms with van der Waals surface area (Å²) in [4.78, 5) is 11.2. The monoisotopic (exact) mass is 210 g/mol. The van der Waals surface area contributed by atoms with Crippen molar-refractivity contribution in [3.63, 3.8) is 0 Å². The molecule has 1 N–H and O–H groups in total. The Balaban J connectivity index is 2.65. The van der Waals surface area contributed by atoms with Crippen LogP contribution in [0, 0.1) is 11.7 Å². The Morgan fingerprint density at radius 2 is 2.00 bits per heavy atom. The highest BCUT2D eigenvalue weighted by Gasteiger charge is 2.13. The van der Waals surface area contributed by atoms with Gasteiger partial charge in [0.05, 0.1) is 0 Å². The van der Waals surface area contributed by atoms with E-state index in [1.165, 1.54) is 19.1 Å². The predicted molar refractivity (Wildman–Crippen MR) is 56.0 cm³/mol. The highest BCUT2D eigenvalue weighted by molar-refractivity contribution is 5.78. The minimum absolute atomic E-state index is 0.00540. The Morgan fingerprint density at radius 1 is 1.40 bits per heavy atom. The van der Waals surface area contributed by atoms with E-state index < -0.39 is 0 Å². The van der Waals surface area contributed by atoms with Crippen LogP contribution in [0.15, 0.2) is 24.3 Å². The average Bonchev–Trinajstić information content (AvgIpc) is 2.20. The number of Topliss-reactive ketones (excluding diaryl/α,β-unsaturated/α-hetero) is 1. The lowest BCUT2D eigenvalue weighted by Crippen LogP contribution is -2.15. The third-order valence-corrected chi connectivity index (χ3v) is 2.45. The lowest BCUT2D eigenvalue weighted by molar-refractivity contribution is -0.121. The number of hydrogen-bond acceptors (Lipinski definition) is 2. The molecule has 0 fully saturated rings. The summed E-state index contributed by atoms with van der Waals surface area (Å²) < 4.78 is 12.6. The summed E-state index contributed by atoms with van der Waals surface area (Å²) in [5.41, 5.74) is 0.921. The quantitative estimate of drug-likeness (QED) is 0.806. The molecular formula is C12H15FO2. The van der Waals surface area contributed by atoms with Gasteiger partial charge in [0.1, 0.15) is 11.6 Å². The van der Waals surface area contributed by atoms with E-state index in [4.69, 9.17) is 5.11 Å². The Morgan fingerprint density at radius 3 is 2.47 bits per heavy atom. The lowest BCUT2D eigenvalue weighted by Gasteiger charge is -2.11. The van der Waals surface area contributed by atoms with Crippen molar-refractivity contribution in [3.8, 4) is 0 Å². The number of rotatable bonds is 5. The van der Waals surface area contributed by atoms with Crippen molar-refractivity contribution >= 4 is 5.78 Å². The normalized spacial score (nSPS) is 12.5. The Labute approximate surface area is 88.7 Å². The zero-order valence-corrected chi connectivity index (χ0v) is 8.74. The molecule has 0 amide bonds. The maximum absolute atomic E-state index is 12.6. The first-order valence-corrected chi connectivity index (χ1v) is 4.99. The summed E-state index contributed by atoms with van der Waals surface area (Å²) in [6.07, 6.45) is 1.03. The molecule has 1 unspecified atom stereocenters. The largest absolute Gasteiger partial charge is 0.396 e. The smallest absolute Gasteiger partial charge is 0.133 e. The molecule has 1 atom stereocenters. The molecule has 2 nitrogen and oxygen atoms in total. The maximum atomic E-state index is 12.6. The van der Waals surface area contributed by atoms with Crippen LogP contribution in [0.2, 0.25) is 0 Å². The molecule has 0 aliphatic heterocycles. The molecule has 15 heavy (non-hydrogen) atoms. The van der Waals surface area contributed by atoms with Gasteiger partial charge in [-0.15, -0.1) is 0 Å². The van der Waals surface area contributed by atoms with Gasteiger partial charge in [0, 0.05) is 12.5 Å². The lowest BCUT2D eigenvalue weighted by atomic mass is 9.93. The highest BCUT2D eigenvalue weighted by Crippen LogP contribution is 2.13. The fourth-order valence-corrected chi connectivity index (χ4v) is 1.51. The minimum Gasteiger partial charge on any atom is -0.396 e. The standard InChI is InChI=1S/C12H15FO2/c1-9(15)11(6-7-14)8-10-2-4-12(13)5-3-10/h2-5,11,14H,6-8H2,1H3. The summed E-state index contributed by atoms with van der Waals surface area (Å²) in [6.45, 7) is 1.52. The van der Waals surface area contributed by atoms with Crippen LogP contribution in [0.25, 0.3) is 0 Å². The number of benzene rings is 1. The molecule has 0 aliphatic rings. The second-order valence-corrected chi connectivity index (χ2v) is 3.65. The molecule has 1 aromatic rings. The SMILES string of the molecule is CC(=O)C(CCO)Cc1ccc(F)cc1. The van der Waals surface area contributed by atoms with E-state index in [1.54, 1.807) is 12.1 Å². The van der Waals surface area contributed by atoms with Crippen LogP contribution >= 0.6 is 0 Å². The summed E-state index contributed by atoms with van der Waals surface area (Å²) in [5, 5.41) is 8.80. The Hall–Kier alpha value is -1.22. The zero-order chi connectivity index (χ0) is 11.3. The third kappa shape index (κ3) is 3.80. The average molecular weight is 210 g/mol. The van der Waals surface area contributed by atoms with Crippen molar-refractivity contribution in [3.05, 3.63) is 35.6 Å². The van der Waals surface area contributed by atoms with Crippen molar-refractivity contribution < 1.29 is 14.3 Å². The maximum Gasteiger partial charge on any atom is 0.133 e. The van der Waals surface area contributed by atoms with Gasteiger partial charge in [0.2, 0.25) is 0 Å². The molecule has 0 saturated carbocycles. The van der Waals surface area contributed by atoms with E-state index in [0.29, 0.717) is 12.8 Å². The van der Waals surface area contributed by atoms with Crippen molar-refractivity contribution in [1.29, 1.82) is 0 Å². The number of aliphatic hydroxyl groups is 1. The first-order valence-electron chi connectivity index (χ1n) is 4.99.